The van der Waals surface area contributed by atoms with Gasteiger partial charge in [0, 0.05) is 5.75 Å². The predicted octanol–water partition coefficient (Wildman–Crippen LogP) is 6.30. The van der Waals surface area contributed by atoms with Crippen molar-refractivity contribution in [2.45, 2.75) is 30.6 Å². The summed E-state index contributed by atoms with van der Waals surface area (Å²) in [5, 5.41) is 0.444. The average Bonchev–Trinajstić information content (AvgIpc) is 3.40. The summed E-state index contributed by atoms with van der Waals surface area (Å²) in [5.41, 5.74) is 0.513. The van der Waals surface area contributed by atoms with Gasteiger partial charge in [-0.05, 0) is 61.0 Å². The number of alkyl halides is 3. The summed E-state index contributed by atoms with van der Waals surface area (Å²) in [6.45, 7) is 2.24. The molecular formula is C23H18F4N2O3S. The summed E-state index contributed by atoms with van der Waals surface area (Å²) in [7, 11) is 0. The Morgan fingerprint density at radius 2 is 2.00 bits per heavy atom. The highest BCUT2D eigenvalue weighted by Crippen LogP contribution is 2.33. The fourth-order valence-corrected chi connectivity index (χ4v) is 4.26. The van der Waals surface area contributed by atoms with Crippen molar-refractivity contribution in [3.05, 3.63) is 83.1 Å². The van der Waals surface area contributed by atoms with Gasteiger partial charge in [-0.1, -0.05) is 11.8 Å². The number of hydrogen-bond acceptors (Lipinski definition) is 5. The zero-order valence-corrected chi connectivity index (χ0v) is 18.2. The molecule has 0 aliphatic heterocycles. The molecule has 0 saturated carbocycles. The van der Waals surface area contributed by atoms with Crippen LogP contribution in [0.2, 0.25) is 0 Å². The van der Waals surface area contributed by atoms with Crippen molar-refractivity contribution in [3.63, 3.8) is 0 Å². The number of ether oxygens (including phenoxy) is 1. The Labute approximate surface area is 190 Å². The van der Waals surface area contributed by atoms with Crippen LogP contribution in [0.4, 0.5) is 17.6 Å². The van der Waals surface area contributed by atoms with Crippen molar-refractivity contribution >= 4 is 28.8 Å². The van der Waals surface area contributed by atoms with Crippen molar-refractivity contribution in [3.8, 4) is 0 Å². The third-order valence-electron chi connectivity index (χ3n) is 4.85. The number of furan rings is 1. The van der Waals surface area contributed by atoms with Gasteiger partial charge in [0.1, 0.15) is 11.6 Å². The molecule has 0 atom stereocenters. The van der Waals surface area contributed by atoms with Crippen molar-refractivity contribution < 1.29 is 31.5 Å². The smallest absolute Gasteiger partial charge is 0.416 e. The molecule has 0 unspecified atom stereocenters. The van der Waals surface area contributed by atoms with Gasteiger partial charge in [-0.25, -0.2) is 14.2 Å². The number of benzene rings is 2. The van der Waals surface area contributed by atoms with E-state index in [0.29, 0.717) is 40.1 Å². The highest BCUT2D eigenvalue weighted by Gasteiger charge is 2.31. The van der Waals surface area contributed by atoms with E-state index in [2.05, 4.69) is 4.98 Å². The first-order valence-corrected chi connectivity index (χ1v) is 10.9. The molecule has 0 saturated heterocycles. The van der Waals surface area contributed by atoms with Crippen LogP contribution in [0.1, 0.15) is 34.2 Å². The number of halogens is 4. The molecule has 0 aliphatic rings. The second-order valence-electron chi connectivity index (χ2n) is 7.08. The molecule has 172 valence electrons. The summed E-state index contributed by atoms with van der Waals surface area (Å²) >= 11 is 1.09. The number of thioether (sulfide) groups is 1. The fourth-order valence-electron chi connectivity index (χ4n) is 3.27. The number of hydrogen-bond donors (Lipinski definition) is 0. The molecule has 4 aromatic rings. The van der Waals surface area contributed by atoms with Crippen molar-refractivity contribution in [1.29, 1.82) is 0 Å². The number of nitrogens with zero attached hydrogens (tertiary/aromatic N) is 2. The molecule has 0 spiro atoms. The van der Waals surface area contributed by atoms with Crippen LogP contribution >= 0.6 is 11.8 Å². The van der Waals surface area contributed by atoms with Crippen LogP contribution in [0.5, 0.6) is 0 Å². The molecule has 4 rings (SSSR count). The van der Waals surface area contributed by atoms with Gasteiger partial charge in [0.25, 0.3) is 0 Å². The van der Waals surface area contributed by atoms with E-state index >= 15 is 0 Å². The van der Waals surface area contributed by atoms with Gasteiger partial charge >= 0.3 is 12.1 Å². The SMILES string of the molecule is CCOC(=O)c1ccc2c(c1)nc(SCc1cc(C(F)(F)F)ccc1F)n2Cc1ccco1. The molecule has 0 amide bonds. The van der Waals surface area contributed by atoms with Crippen LogP contribution in [-0.2, 0) is 23.2 Å². The Hall–Kier alpha value is -3.27. The quantitative estimate of drug-likeness (QED) is 0.177. The summed E-state index contributed by atoms with van der Waals surface area (Å²) < 4.78 is 65.6. The number of carbonyl (C=O) groups is 1. The predicted molar refractivity (Wildman–Crippen MR) is 114 cm³/mol. The lowest BCUT2D eigenvalue weighted by molar-refractivity contribution is -0.137. The first-order valence-electron chi connectivity index (χ1n) is 9.94. The van der Waals surface area contributed by atoms with Gasteiger partial charge in [0.15, 0.2) is 5.16 Å². The van der Waals surface area contributed by atoms with E-state index < -0.39 is 23.5 Å². The molecule has 2 heterocycles. The molecule has 2 aromatic heterocycles. The first kappa shape index (κ1) is 22.9. The van der Waals surface area contributed by atoms with E-state index in [9.17, 15) is 22.4 Å². The monoisotopic (exact) mass is 478 g/mol. The molecule has 5 nitrogen and oxygen atoms in total. The minimum atomic E-state index is -4.57. The fraction of sp³-hybridized carbons (Fsp3) is 0.217. The highest BCUT2D eigenvalue weighted by molar-refractivity contribution is 7.98. The summed E-state index contributed by atoms with van der Waals surface area (Å²) in [6, 6.07) is 10.8. The number of fused-ring (bicyclic) bond motifs is 1. The van der Waals surface area contributed by atoms with Gasteiger partial charge in [-0.2, -0.15) is 13.2 Å². The minimum absolute atomic E-state index is 0.0675. The number of carbonyl (C=O) groups excluding carboxylic acids is 1. The lowest BCUT2D eigenvalue weighted by Gasteiger charge is -2.10. The van der Waals surface area contributed by atoms with E-state index in [-0.39, 0.29) is 17.9 Å². The number of esters is 1. The maximum Gasteiger partial charge on any atom is 0.416 e. The molecule has 0 bridgehead atoms. The normalized spacial score (nSPS) is 11.8. The lowest BCUT2D eigenvalue weighted by atomic mass is 10.1. The van der Waals surface area contributed by atoms with Gasteiger partial charge in [-0.3, -0.25) is 0 Å². The zero-order chi connectivity index (χ0) is 23.6. The average molecular weight is 478 g/mol. The van der Waals surface area contributed by atoms with Crippen LogP contribution in [-0.4, -0.2) is 22.1 Å². The topological polar surface area (TPSA) is 57.3 Å². The Morgan fingerprint density at radius 1 is 1.18 bits per heavy atom. The molecule has 0 fully saturated rings. The highest BCUT2D eigenvalue weighted by atomic mass is 32.2. The summed E-state index contributed by atoms with van der Waals surface area (Å²) in [5.74, 6) is -0.646. The number of aromatic nitrogens is 2. The molecule has 10 heteroatoms. The van der Waals surface area contributed by atoms with E-state index in [4.69, 9.17) is 9.15 Å². The molecular weight excluding hydrogens is 460 g/mol. The van der Waals surface area contributed by atoms with Crippen molar-refractivity contribution in [1.82, 2.24) is 9.55 Å². The van der Waals surface area contributed by atoms with E-state index in [1.807, 2.05) is 0 Å². The second kappa shape index (κ2) is 9.30. The zero-order valence-electron chi connectivity index (χ0n) is 17.4. The number of imidazole rings is 1. The third-order valence-corrected chi connectivity index (χ3v) is 5.87. The third kappa shape index (κ3) is 5.05. The molecule has 33 heavy (non-hydrogen) atoms. The van der Waals surface area contributed by atoms with Crippen LogP contribution < -0.4 is 0 Å². The van der Waals surface area contributed by atoms with Gasteiger partial charge in [0.05, 0.1) is 41.6 Å². The van der Waals surface area contributed by atoms with E-state index in [1.165, 1.54) is 6.26 Å². The summed E-state index contributed by atoms with van der Waals surface area (Å²) in [4.78, 5) is 16.6. The molecule has 0 N–H and O–H groups in total. The first-order chi connectivity index (χ1) is 15.8. The molecule has 2 aromatic carbocycles. The van der Waals surface area contributed by atoms with Crippen LogP contribution in [0.15, 0.2) is 64.4 Å². The van der Waals surface area contributed by atoms with Crippen LogP contribution in [0.3, 0.4) is 0 Å². The second-order valence-corrected chi connectivity index (χ2v) is 8.02. The van der Waals surface area contributed by atoms with Crippen molar-refractivity contribution in [2.24, 2.45) is 0 Å². The molecule has 0 aliphatic carbocycles. The Balaban J connectivity index is 1.69. The van der Waals surface area contributed by atoms with E-state index in [1.54, 1.807) is 41.8 Å². The number of rotatable bonds is 7. The summed E-state index contributed by atoms with van der Waals surface area (Å²) in [6.07, 6.45) is -3.04. The maximum absolute atomic E-state index is 14.2. The van der Waals surface area contributed by atoms with Crippen LogP contribution in [0.25, 0.3) is 11.0 Å². The molecule has 0 radical (unpaired) electrons. The van der Waals surface area contributed by atoms with Gasteiger partial charge < -0.3 is 13.7 Å². The lowest BCUT2D eigenvalue weighted by Crippen LogP contribution is -2.06. The standard InChI is InChI=1S/C23H18F4N2O3S/c1-2-31-21(30)14-5-8-20-19(11-14)28-22(29(20)12-17-4-3-9-32-17)33-13-15-10-16(23(25,26)27)6-7-18(15)24/h3-11H,2,12-13H2,1H3. The largest absolute Gasteiger partial charge is 0.467 e. The van der Waals surface area contributed by atoms with Crippen LogP contribution in [0, 0.1) is 5.82 Å². The Bertz CT molecular complexity index is 1280. The Morgan fingerprint density at radius 3 is 2.70 bits per heavy atom. The van der Waals surface area contributed by atoms with E-state index in [0.717, 1.165) is 23.9 Å². The Kier molecular flexibility index (Phi) is 6.46. The van der Waals surface area contributed by atoms with Gasteiger partial charge in [0.2, 0.25) is 0 Å². The maximum atomic E-state index is 14.2. The van der Waals surface area contributed by atoms with Gasteiger partial charge in [-0.15, -0.1) is 0 Å². The van der Waals surface area contributed by atoms with Crippen molar-refractivity contribution in [2.75, 3.05) is 6.61 Å². The minimum Gasteiger partial charge on any atom is -0.467 e.